The summed E-state index contributed by atoms with van der Waals surface area (Å²) < 4.78 is -0.289. The summed E-state index contributed by atoms with van der Waals surface area (Å²) >= 11 is 2.01. The summed E-state index contributed by atoms with van der Waals surface area (Å²) in [6.45, 7) is 1.65. The summed E-state index contributed by atoms with van der Waals surface area (Å²) in [4.78, 5) is 6.65. The summed E-state index contributed by atoms with van der Waals surface area (Å²) in [6.07, 6.45) is 6.42. The Morgan fingerprint density at radius 3 is 2.09 bits per heavy atom. The van der Waals surface area contributed by atoms with E-state index in [1.54, 1.807) is 0 Å². The van der Waals surface area contributed by atoms with Gasteiger partial charge in [-0.05, 0) is 39.9 Å². The third-order valence-electron chi connectivity index (χ3n) is 6.52. The number of pyridine rings is 1. The SMILES string of the molecule is CN(C)c1ccnc(CNCCSC2(c3ccccc3)c3ccccc3C=Cc3ccccc32)c1. The van der Waals surface area contributed by atoms with E-state index in [4.69, 9.17) is 0 Å². The topological polar surface area (TPSA) is 28.2 Å². The summed E-state index contributed by atoms with van der Waals surface area (Å²) in [6, 6.07) is 32.8. The fourth-order valence-electron chi connectivity index (χ4n) is 4.81. The highest BCUT2D eigenvalue weighted by atomic mass is 32.2. The monoisotopic (exact) mass is 477 g/mol. The van der Waals surface area contributed by atoms with Crippen molar-refractivity contribution >= 4 is 29.6 Å². The molecule has 0 bridgehead atoms. The van der Waals surface area contributed by atoms with Crippen molar-refractivity contribution in [2.24, 2.45) is 0 Å². The van der Waals surface area contributed by atoms with Crippen LogP contribution in [0.3, 0.4) is 0 Å². The largest absolute Gasteiger partial charge is 0.378 e. The van der Waals surface area contributed by atoms with Crippen LogP contribution >= 0.6 is 11.8 Å². The maximum Gasteiger partial charge on any atom is 0.0918 e. The maximum absolute atomic E-state index is 4.54. The molecule has 0 atom stereocenters. The van der Waals surface area contributed by atoms with Gasteiger partial charge in [0, 0.05) is 44.8 Å². The average Bonchev–Trinajstić information content (AvgIpc) is 3.05. The van der Waals surface area contributed by atoms with E-state index in [0.29, 0.717) is 0 Å². The highest BCUT2D eigenvalue weighted by Crippen LogP contribution is 2.52. The molecule has 35 heavy (non-hydrogen) atoms. The van der Waals surface area contributed by atoms with Gasteiger partial charge in [-0.1, -0.05) is 91.0 Å². The smallest absolute Gasteiger partial charge is 0.0918 e. The maximum atomic E-state index is 4.54. The molecule has 0 unspecified atom stereocenters. The Bertz CT molecular complexity index is 1260. The van der Waals surface area contributed by atoms with Crippen LogP contribution in [-0.2, 0) is 11.3 Å². The Balaban J connectivity index is 1.44. The number of hydrogen-bond donors (Lipinski definition) is 1. The van der Waals surface area contributed by atoms with Crippen LogP contribution < -0.4 is 10.2 Å². The van der Waals surface area contributed by atoms with Crippen LogP contribution in [0.15, 0.2) is 97.2 Å². The first-order valence-corrected chi connectivity index (χ1v) is 13.1. The molecule has 1 aliphatic carbocycles. The standard InChI is InChI=1S/C31H31N3S/c1-34(2)28-18-19-33-27(22-28)23-32-20-21-35-31(26-12-4-3-5-13-26)29-14-8-6-10-24(29)16-17-25-11-7-9-15-30(25)31/h3-19,22,32H,20-21,23H2,1-2H3. The minimum Gasteiger partial charge on any atom is -0.378 e. The van der Waals surface area contributed by atoms with Crippen molar-refractivity contribution in [3.8, 4) is 0 Å². The molecule has 176 valence electrons. The van der Waals surface area contributed by atoms with E-state index in [0.717, 1.165) is 24.5 Å². The fourth-order valence-corrected chi connectivity index (χ4v) is 6.34. The van der Waals surface area contributed by atoms with Gasteiger partial charge in [0.2, 0.25) is 0 Å². The predicted molar refractivity (Wildman–Crippen MR) is 151 cm³/mol. The normalized spacial score (nSPS) is 13.5. The van der Waals surface area contributed by atoms with Gasteiger partial charge in [-0.25, -0.2) is 0 Å². The molecule has 0 radical (unpaired) electrons. The molecule has 3 aromatic carbocycles. The van der Waals surface area contributed by atoms with Gasteiger partial charge in [0.1, 0.15) is 0 Å². The van der Waals surface area contributed by atoms with Crippen LogP contribution in [0.2, 0.25) is 0 Å². The Morgan fingerprint density at radius 2 is 1.43 bits per heavy atom. The van der Waals surface area contributed by atoms with Crippen LogP contribution in [0, 0.1) is 0 Å². The lowest BCUT2D eigenvalue weighted by Gasteiger charge is -2.37. The summed E-state index contributed by atoms with van der Waals surface area (Å²) in [5.74, 6) is 0.963. The molecule has 4 aromatic rings. The summed E-state index contributed by atoms with van der Waals surface area (Å²) in [5, 5.41) is 3.62. The minimum absolute atomic E-state index is 0.289. The highest BCUT2D eigenvalue weighted by Gasteiger charge is 2.40. The average molecular weight is 478 g/mol. The van der Waals surface area contributed by atoms with Gasteiger partial charge in [0.25, 0.3) is 0 Å². The lowest BCUT2D eigenvalue weighted by atomic mass is 9.81. The van der Waals surface area contributed by atoms with Gasteiger partial charge in [-0.3, -0.25) is 4.98 Å². The molecular weight excluding hydrogens is 446 g/mol. The van der Waals surface area contributed by atoms with Crippen molar-refractivity contribution < 1.29 is 0 Å². The first-order chi connectivity index (χ1) is 17.2. The molecule has 4 heteroatoms. The van der Waals surface area contributed by atoms with Crippen molar-refractivity contribution in [2.45, 2.75) is 11.3 Å². The molecule has 0 saturated carbocycles. The number of rotatable bonds is 8. The van der Waals surface area contributed by atoms with E-state index in [9.17, 15) is 0 Å². The quantitative estimate of drug-likeness (QED) is 0.295. The third kappa shape index (κ3) is 4.77. The highest BCUT2D eigenvalue weighted by molar-refractivity contribution is 8.00. The number of nitrogens with zero attached hydrogens (tertiary/aromatic N) is 2. The third-order valence-corrected chi connectivity index (χ3v) is 8.04. The molecular formula is C31H31N3S. The molecule has 1 aliphatic rings. The van der Waals surface area contributed by atoms with Gasteiger partial charge in [-0.15, -0.1) is 11.8 Å². The Hall–Kier alpha value is -3.34. The summed E-state index contributed by atoms with van der Waals surface area (Å²) in [5.41, 5.74) is 8.79. The molecule has 3 nitrogen and oxygen atoms in total. The predicted octanol–water partition coefficient (Wildman–Crippen LogP) is 6.45. The van der Waals surface area contributed by atoms with Crippen molar-refractivity contribution in [3.63, 3.8) is 0 Å². The van der Waals surface area contributed by atoms with Gasteiger partial charge < -0.3 is 10.2 Å². The molecule has 0 fully saturated rings. The molecule has 1 heterocycles. The van der Waals surface area contributed by atoms with Crippen LogP contribution in [0.4, 0.5) is 5.69 Å². The zero-order chi connectivity index (χ0) is 24.1. The van der Waals surface area contributed by atoms with E-state index in [1.807, 2.05) is 24.0 Å². The first-order valence-electron chi connectivity index (χ1n) is 12.1. The second-order valence-corrected chi connectivity index (χ2v) is 10.3. The first kappa shape index (κ1) is 23.4. The number of anilines is 1. The second-order valence-electron chi connectivity index (χ2n) is 8.98. The minimum atomic E-state index is -0.289. The summed E-state index contributed by atoms with van der Waals surface area (Å²) in [7, 11) is 4.12. The number of thioether (sulfide) groups is 1. The van der Waals surface area contributed by atoms with Crippen molar-refractivity contribution in [2.75, 3.05) is 31.3 Å². The molecule has 0 saturated heterocycles. The van der Waals surface area contributed by atoms with Gasteiger partial charge in [-0.2, -0.15) is 0 Å². The molecule has 1 N–H and O–H groups in total. The number of nitrogens with one attached hydrogen (secondary N) is 1. The van der Waals surface area contributed by atoms with Crippen molar-refractivity contribution in [1.29, 1.82) is 0 Å². The number of aromatic nitrogens is 1. The van der Waals surface area contributed by atoms with Gasteiger partial charge >= 0.3 is 0 Å². The fraction of sp³-hybridized carbons (Fsp3) is 0.194. The van der Waals surface area contributed by atoms with Gasteiger partial charge in [0.05, 0.1) is 10.4 Å². The van der Waals surface area contributed by atoms with E-state index in [-0.39, 0.29) is 4.75 Å². The molecule has 0 aliphatic heterocycles. The Kier molecular flexibility index (Phi) is 7.03. The van der Waals surface area contributed by atoms with Crippen LogP contribution in [0.25, 0.3) is 12.2 Å². The van der Waals surface area contributed by atoms with E-state index >= 15 is 0 Å². The van der Waals surface area contributed by atoms with Crippen molar-refractivity contribution in [1.82, 2.24) is 10.3 Å². The number of hydrogen-bond acceptors (Lipinski definition) is 4. The zero-order valence-electron chi connectivity index (χ0n) is 20.3. The van der Waals surface area contributed by atoms with E-state index in [1.165, 1.54) is 33.5 Å². The van der Waals surface area contributed by atoms with E-state index < -0.39 is 0 Å². The molecule has 1 aromatic heterocycles. The zero-order valence-corrected chi connectivity index (χ0v) is 21.1. The number of benzene rings is 3. The van der Waals surface area contributed by atoms with Crippen molar-refractivity contribution in [3.05, 3.63) is 131 Å². The second kappa shape index (κ2) is 10.5. The van der Waals surface area contributed by atoms with Crippen LogP contribution in [-0.4, -0.2) is 31.4 Å². The van der Waals surface area contributed by atoms with E-state index in [2.05, 4.69) is 126 Å². The molecule has 0 amide bonds. The Labute approximate surface area is 212 Å². The molecule has 0 spiro atoms. The van der Waals surface area contributed by atoms with Gasteiger partial charge in [0.15, 0.2) is 0 Å². The number of fused-ring (bicyclic) bond motifs is 2. The lowest BCUT2D eigenvalue weighted by Crippen LogP contribution is -2.29. The lowest BCUT2D eigenvalue weighted by molar-refractivity contribution is 0.713. The Morgan fingerprint density at radius 1 is 0.800 bits per heavy atom. The van der Waals surface area contributed by atoms with Crippen LogP contribution in [0.1, 0.15) is 33.5 Å². The van der Waals surface area contributed by atoms with Crippen LogP contribution in [0.5, 0.6) is 0 Å². The molecule has 5 rings (SSSR count).